The Hall–Kier alpha value is -1.36. The molecule has 1 aromatic heterocycles. The van der Waals surface area contributed by atoms with Crippen molar-refractivity contribution in [2.24, 2.45) is 18.9 Å². The zero-order valence-electron chi connectivity index (χ0n) is 11.0. The molecular formula is C13H20N4O. The lowest BCUT2D eigenvalue weighted by molar-refractivity contribution is 0.0631. The number of likely N-dealkylation sites (tertiary alicyclic amines) is 1. The summed E-state index contributed by atoms with van der Waals surface area (Å²) in [5, 5.41) is 7.67. The molecule has 0 radical (unpaired) electrons. The average Bonchev–Trinajstić information content (AvgIpc) is 2.93. The summed E-state index contributed by atoms with van der Waals surface area (Å²) < 4.78 is 1.69. The second-order valence-electron chi connectivity index (χ2n) is 5.51. The summed E-state index contributed by atoms with van der Waals surface area (Å²) in [6.07, 6.45) is 1.13. The van der Waals surface area contributed by atoms with E-state index < -0.39 is 0 Å². The molecular weight excluding hydrogens is 228 g/mol. The molecule has 1 aromatic rings. The smallest absolute Gasteiger partial charge is 0.272 e. The molecule has 98 valence electrons. The first kappa shape index (κ1) is 11.7. The Labute approximate surface area is 107 Å². The highest BCUT2D eigenvalue weighted by molar-refractivity contribution is 5.92. The van der Waals surface area contributed by atoms with E-state index in [0.29, 0.717) is 11.6 Å². The van der Waals surface area contributed by atoms with Crippen molar-refractivity contribution in [2.45, 2.75) is 13.3 Å². The van der Waals surface area contributed by atoms with Gasteiger partial charge in [-0.2, -0.15) is 5.10 Å². The molecule has 0 bridgehead atoms. The number of hydrogen-bond donors (Lipinski definition) is 1. The van der Waals surface area contributed by atoms with Gasteiger partial charge in [0, 0.05) is 20.1 Å². The third kappa shape index (κ3) is 1.92. The number of piperidine rings is 1. The van der Waals surface area contributed by atoms with Crippen molar-refractivity contribution >= 4 is 5.91 Å². The molecule has 5 heteroatoms. The van der Waals surface area contributed by atoms with Gasteiger partial charge in [-0.05, 0) is 44.3 Å². The fourth-order valence-electron chi connectivity index (χ4n) is 3.19. The molecule has 2 saturated heterocycles. The van der Waals surface area contributed by atoms with E-state index in [0.717, 1.165) is 44.2 Å². The molecule has 0 aromatic carbocycles. The van der Waals surface area contributed by atoms with E-state index in [-0.39, 0.29) is 5.91 Å². The maximum Gasteiger partial charge on any atom is 0.272 e. The molecule has 0 saturated carbocycles. The Kier molecular flexibility index (Phi) is 2.86. The number of carbonyl (C=O) groups excluding carboxylic acids is 1. The van der Waals surface area contributed by atoms with E-state index in [1.165, 1.54) is 0 Å². The highest BCUT2D eigenvalue weighted by Gasteiger charge is 2.35. The van der Waals surface area contributed by atoms with Gasteiger partial charge in [0.15, 0.2) is 0 Å². The Morgan fingerprint density at radius 1 is 1.44 bits per heavy atom. The molecule has 3 rings (SSSR count). The van der Waals surface area contributed by atoms with Crippen LogP contribution in [0.4, 0.5) is 0 Å². The fraction of sp³-hybridized carbons (Fsp3) is 0.692. The molecule has 0 aliphatic carbocycles. The lowest BCUT2D eigenvalue weighted by Gasteiger charge is -2.34. The average molecular weight is 248 g/mol. The van der Waals surface area contributed by atoms with Gasteiger partial charge in [0.25, 0.3) is 5.91 Å². The van der Waals surface area contributed by atoms with E-state index in [1.807, 2.05) is 24.9 Å². The third-order valence-electron chi connectivity index (χ3n) is 4.21. The Morgan fingerprint density at radius 2 is 2.22 bits per heavy atom. The normalized spacial score (nSPS) is 27.3. The number of nitrogens with one attached hydrogen (secondary N) is 1. The van der Waals surface area contributed by atoms with E-state index in [1.54, 1.807) is 4.68 Å². The maximum atomic E-state index is 12.5. The van der Waals surface area contributed by atoms with Gasteiger partial charge in [0.05, 0.1) is 5.69 Å². The molecule has 1 amide bonds. The lowest BCUT2D eigenvalue weighted by Crippen LogP contribution is -2.44. The summed E-state index contributed by atoms with van der Waals surface area (Å²) in [6.45, 7) is 5.87. The summed E-state index contributed by atoms with van der Waals surface area (Å²) in [6, 6.07) is 1.88. The number of fused-ring (bicyclic) bond motifs is 1. The fourth-order valence-corrected chi connectivity index (χ4v) is 3.19. The Morgan fingerprint density at radius 3 is 2.94 bits per heavy atom. The van der Waals surface area contributed by atoms with Crippen molar-refractivity contribution in [1.82, 2.24) is 20.0 Å². The third-order valence-corrected chi connectivity index (χ3v) is 4.21. The molecule has 5 nitrogen and oxygen atoms in total. The summed E-state index contributed by atoms with van der Waals surface area (Å²) >= 11 is 0. The highest BCUT2D eigenvalue weighted by Crippen LogP contribution is 2.27. The van der Waals surface area contributed by atoms with Crippen LogP contribution in [-0.2, 0) is 7.05 Å². The molecule has 2 aliphatic heterocycles. The van der Waals surface area contributed by atoms with Crippen LogP contribution in [0.5, 0.6) is 0 Å². The molecule has 2 unspecified atom stereocenters. The van der Waals surface area contributed by atoms with E-state index in [9.17, 15) is 4.79 Å². The van der Waals surface area contributed by atoms with Crippen molar-refractivity contribution in [2.75, 3.05) is 26.2 Å². The van der Waals surface area contributed by atoms with Crippen LogP contribution in [0.25, 0.3) is 0 Å². The van der Waals surface area contributed by atoms with Crippen LogP contribution in [0.3, 0.4) is 0 Å². The van der Waals surface area contributed by atoms with Crippen molar-refractivity contribution in [3.63, 3.8) is 0 Å². The van der Waals surface area contributed by atoms with Gasteiger partial charge in [-0.3, -0.25) is 9.48 Å². The predicted molar refractivity (Wildman–Crippen MR) is 68.3 cm³/mol. The Balaban J connectivity index is 1.75. The zero-order valence-corrected chi connectivity index (χ0v) is 11.0. The number of aryl methyl sites for hydroxylation is 2. The summed E-state index contributed by atoms with van der Waals surface area (Å²) in [4.78, 5) is 14.5. The van der Waals surface area contributed by atoms with Gasteiger partial charge >= 0.3 is 0 Å². The summed E-state index contributed by atoms with van der Waals surface area (Å²) in [5.74, 6) is 1.53. The van der Waals surface area contributed by atoms with Crippen LogP contribution in [0.15, 0.2) is 6.07 Å². The standard InChI is InChI=1S/C13H20N4O/c1-9-5-12(16(2)15-9)13(18)17-4-3-10-6-14-7-11(10)8-17/h5,10-11,14H,3-4,6-8H2,1-2H3. The molecule has 1 N–H and O–H groups in total. The van der Waals surface area contributed by atoms with E-state index in [4.69, 9.17) is 0 Å². The van der Waals surface area contributed by atoms with Crippen LogP contribution in [-0.4, -0.2) is 46.8 Å². The minimum atomic E-state index is 0.128. The number of amides is 1. The summed E-state index contributed by atoms with van der Waals surface area (Å²) in [7, 11) is 1.84. The minimum Gasteiger partial charge on any atom is -0.337 e. The van der Waals surface area contributed by atoms with Crippen LogP contribution in [0.1, 0.15) is 22.6 Å². The number of rotatable bonds is 1. The van der Waals surface area contributed by atoms with Crippen LogP contribution >= 0.6 is 0 Å². The van der Waals surface area contributed by atoms with Crippen molar-refractivity contribution in [3.05, 3.63) is 17.5 Å². The highest BCUT2D eigenvalue weighted by atomic mass is 16.2. The first-order valence-electron chi connectivity index (χ1n) is 6.66. The van der Waals surface area contributed by atoms with Gasteiger partial charge in [0.2, 0.25) is 0 Å². The van der Waals surface area contributed by atoms with E-state index in [2.05, 4.69) is 10.4 Å². The first-order chi connectivity index (χ1) is 8.65. The monoisotopic (exact) mass is 248 g/mol. The molecule has 2 aliphatic rings. The number of carbonyl (C=O) groups is 1. The second kappa shape index (κ2) is 4.39. The molecule has 0 spiro atoms. The maximum absolute atomic E-state index is 12.5. The second-order valence-corrected chi connectivity index (χ2v) is 5.51. The molecule has 2 fully saturated rings. The molecule has 18 heavy (non-hydrogen) atoms. The predicted octanol–water partition coefficient (Wildman–Crippen LogP) is 0.410. The Bertz CT molecular complexity index is 468. The van der Waals surface area contributed by atoms with E-state index >= 15 is 0 Å². The van der Waals surface area contributed by atoms with Crippen LogP contribution in [0, 0.1) is 18.8 Å². The van der Waals surface area contributed by atoms with Crippen molar-refractivity contribution < 1.29 is 4.79 Å². The van der Waals surface area contributed by atoms with Gasteiger partial charge in [0.1, 0.15) is 5.69 Å². The molecule has 2 atom stereocenters. The quantitative estimate of drug-likeness (QED) is 0.783. The topological polar surface area (TPSA) is 50.2 Å². The zero-order chi connectivity index (χ0) is 12.7. The van der Waals surface area contributed by atoms with Crippen LogP contribution < -0.4 is 5.32 Å². The van der Waals surface area contributed by atoms with Crippen molar-refractivity contribution in [1.29, 1.82) is 0 Å². The molecule has 3 heterocycles. The number of nitrogens with zero attached hydrogens (tertiary/aromatic N) is 3. The van der Waals surface area contributed by atoms with Crippen molar-refractivity contribution in [3.8, 4) is 0 Å². The number of hydrogen-bond acceptors (Lipinski definition) is 3. The SMILES string of the molecule is Cc1cc(C(=O)N2CCC3CNCC3C2)n(C)n1. The van der Waals surface area contributed by atoms with Gasteiger partial charge < -0.3 is 10.2 Å². The lowest BCUT2D eigenvalue weighted by atomic mass is 9.88. The van der Waals surface area contributed by atoms with Gasteiger partial charge in [-0.25, -0.2) is 0 Å². The van der Waals surface area contributed by atoms with Gasteiger partial charge in [-0.1, -0.05) is 0 Å². The largest absolute Gasteiger partial charge is 0.337 e. The first-order valence-corrected chi connectivity index (χ1v) is 6.66. The van der Waals surface area contributed by atoms with Crippen LogP contribution in [0.2, 0.25) is 0 Å². The summed E-state index contributed by atoms with van der Waals surface area (Å²) in [5.41, 5.74) is 1.61. The van der Waals surface area contributed by atoms with Gasteiger partial charge in [-0.15, -0.1) is 0 Å². The minimum absolute atomic E-state index is 0.128. The number of aromatic nitrogens is 2.